The second-order valence-electron chi connectivity index (χ2n) is 8.21. The molecular weight excluding hydrogens is 468 g/mol. The Morgan fingerprint density at radius 3 is 1.52 bits per heavy atom. The van der Waals surface area contributed by atoms with Gasteiger partial charge in [0.2, 0.25) is 0 Å². The van der Waals surface area contributed by atoms with Crippen molar-refractivity contribution in [3.63, 3.8) is 0 Å². The van der Waals surface area contributed by atoms with Gasteiger partial charge in [0, 0.05) is 11.8 Å². The maximum atomic E-state index is 4.52. The summed E-state index contributed by atoms with van der Waals surface area (Å²) in [5, 5.41) is 4.40. The number of rotatable bonds is 9. The fourth-order valence-electron chi connectivity index (χ4n) is 2.85. The summed E-state index contributed by atoms with van der Waals surface area (Å²) < 4.78 is 2.50. The zero-order valence-electron chi connectivity index (χ0n) is 21.1. The molecule has 0 N–H and O–H groups in total. The smallest absolute Gasteiger partial charge is 1.00 e. The van der Waals surface area contributed by atoms with Gasteiger partial charge in [0.15, 0.2) is 0 Å². The molecule has 0 aliphatic carbocycles. The van der Waals surface area contributed by atoms with E-state index in [4.69, 9.17) is 0 Å². The Bertz CT molecular complexity index is 547. The molecule has 0 unspecified atom stereocenters. The molecule has 29 heavy (non-hydrogen) atoms. The van der Waals surface area contributed by atoms with E-state index >= 15 is 0 Å². The summed E-state index contributed by atoms with van der Waals surface area (Å²) in [4.78, 5) is 8.93. The zero-order valence-corrected chi connectivity index (χ0v) is 24.1. The third-order valence-electron chi connectivity index (χ3n) is 3.36. The fraction of sp³-hybridized carbons (Fsp3) is 0.739. The Hall–Kier alpha value is -0.518. The van der Waals surface area contributed by atoms with Gasteiger partial charge in [-0.3, -0.25) is 4.99 Å². The van der Waals surface area contributed by atoms with Crippen molar-refractivity contribution in [1.29, 1.82) is 0 Å². The second kappa shape index (κ2) is 18.3. The van der Waals surface area contributed by atoms with Gasteiger partial charge in [0.1, 0.15) is 0 Å². The van der Waals surface area contributed by atoms with E-state index in [1.807, 2.05) is 19.9 Å². The summed E-state index contributed by atoms with van der Waals surface area (Å²) in [6, 6.07) is 1.73. The first-order valence-electron chi connectivity index (χ1n) is 10.4. The van der Waals surface area contributed by atoms with Gasteiger partial charge in [-0.25, -0.2) is 0 Å². The molecule has 0 bridgehead atoms. The summed E-state index contributed by atoms with van der Waals surface area (Å²) in [7, 11) is 0. The van der Waals surface area contributed by atoms with E-state index in [-0.39, 0.29) is 32.7 Å². The van der Waals surface area contributed by atoms with Crippen LogP contribution < -0.4 is 0 Å². The van der Waals surface area contributed by atoms with Crippen molar-refractivity contribution in [2.24, 2.45) is 9.98 Å². The van der Waals surface area contributed by atoms with Crippen LogP contribution in [-0.2, 0) is 17.1 Å². The van der Waals surface area contributed by atoms with Crippen LogP contribution in [0.1, 0.15) is 83.1 Å². The normalized spacial score (nSPS) is 13.6. The van der Waals surface area contributed by atoms with Crippen molar-refractivity contribution >= 4 is 27.1 Å². The van der Waals surface area contributed by atoms with Gasteiger partial charge < -0.3 is 5.32 Å². The average Bonchev–Trinajstić information content (AvgIpc) is 2.44. The SMILES string of the molecule is CC(/C=C(/C)[N-]C(C)C)=NC(C)C.[CH3][Ge][N](/C(C)=C\C(C)=NC(C)C)C(C)C.[Cu+]. The van der Waals surface area contributed by atoms with Crippen molar-refractivity contribution in [2.45, 2.75) is 113 Å². The molecule has 2 radical (unpaired) electrons. The number of allylic oxidation sites excluding steroid dienone is 4. The molecule has 0 atom stereocenters. The molecular formula is C23H45CuGeN4. The summed E-state index contributed by atoms with van der Waals surface area (Å²) in [6.45, 7) is 25.3. The summed E-state index contributed by atoms with van der Waals surface area (Å²) in [6.07, 6.45) is 4.23. The van der Waals surface area contributed by atoms with E-state index in [1.165, 1.54) is 5.70 Å². The average molecular weight is 514 g/mol. The summed E-state index contributed by atoms with van der Waals surface area (Å²) in [5.41, 5.74) is 4.59. The minimum Gasteiger partial charge on any atom is 1.00 e. The molecule has 0 aromatic heterocycles. The zero-order chi connectivity index (χ0) is 22.4. The number of hydrogen-bond acceptors (Lipinski definition) is 3. The Morgan fingerprint density at radius 1 is 0.793 bits per heavy atom. The number of hydrogen-bond donors (Lipinski definition) is 0. The molecule has 0 amide bonds. The van der Waals surface area contributed by atoms with Crippen LogP contribution >= 0.6 is 0 Å². The molecule has 172 valence electrons. The van der Waals surface area contributed by atoms with E-state index < -0.39 is 0 Å². The van der Waals surface area contributed by atoms with Crippen molar-refractivity contribution in [1.82, 2.24) is 3.86 Å². The van der Waals surface area contributed by atoms with Crippen LogP contribution in [0.25, 0.3) is 5.32 Å². The van der Waals surface area contributed by atoms with Gasteiger partial charge in [-0.05, 0) is 20.8 Å². The van der Waals surface area contributed by atoms with Gasteiger partial charge in [0.25, 0.3) is 0 Å². The summed E-state index contributed by atoms with van der Waals surface area (Å²) in [5.74, 6) is 2.31. The van der Waals surface area contributed by atoms with E-state index in [1.54, 1.807) is 0 Å². The molecule has 0 aliphatic rings. The second-order valence-corrected chi connectivity index (χ2v) is 10.2. The van der Waals surface area contributed by atoms with E-state index in [2.05, 4.69) is 100 Å². The van der Waals surface area contributed by atoms with E-state index in [9.17, 15) is 0 Å². The third kappa shape index (κ3) is 20.5. The number of aliphatic imine (C=N–C) groups is 2. The monoisotopic (exact) mass is 514 g/mol. The Balaban J connectivity index is -0.000000455. The molecule has 0 aliphatic heterocycles. The van der Waals surface area contributed by atoms with Crippen LogP contribution in [0, 0.1) is 0 Å². The predicted octanol–water partition coefficient (Wildman–Crippen LogP) is 6.68. The van der Waals surface area contributed by atoms with Crippen LogP contribution in [0.2, 0.25) is 5.76 Å². The van der Waals surface area contributed by atoms with E-state index in [0.717, 1.165) is 17.1 Å². The molecule has 0 rings (SSSR count). The molecule has 6 heteroatoms. The van der Waals surface area contributed by atoms with E-state index in [0.29, 0.717) is 24.2 Å². The van der Waals surface area contributed by atoms with Gasteiger partial charge in [-0.1, -0.05) is 26.8 Å². The maximum absolute atomic E-state index is 4.52. The van der Waals surface area contributed by atoms with Crippen LogP contribution in [0.5, 0.6) is 0 Å². The van der Waals surface area contributed by atoms with Crippen molar-refractivity contribution in [2.75, 3.05) is 0 Å². The van der Waals surface area contributed by atoms with Gasteiger partial charge in [0.05, 0.1) is 0 Å². The van der Waals surface area contributed by atoms with Gasteiger partial charge in [-0.2, -0.15) is 5.70 Å². The molecule has 0 spiro atoms. The Kier molecular flexibility index (Phi) is 20.9. The Labute approximate surface area is 199 Å². The van der Waals surface area contributed by atoms with Crippen LogP contribution in [0.15, 0.2) is 33.5 Å². The fourth-order valence-corrected chi connectivity index (χ4v) is 4.81. The summed E-state index contributed by atoms with van der Waals surface area (Å²) >= 11 is -0.00916. The third-order valence-corrected chi connectivity index (χ3v) is 6.19. The molecule has 0 saturated carbocycles. The van der Waals surface area contributed by atoms with Gasteiger partial charge in [-0.15, -0.1) is 6.04 Å². The first kappa shape index (κ1) is 33.1. The molecule has 0 aromatic rings. The largest absolute Gasteiger partial charge is 1.00 e. The molecule has 0 heterocycles. The Morgan fingerprint density at radius 2 is 1.21 bits per heavy atom. The minimum atomic E-state index is -0.00916. The van der Waals surface area contributed by atoms with Gasteiger partial charge >= 0.3 is 118 Å². The standard InChI is InChI=1S/C12H24GeN2.C11H21N2.Cu/c1-9(2)14-11(5)8-12(6)15(13-7)10(3)4;1-8(2)12-10(5)7-11(6)13-9(3)4;/h8-10H,1-7H3;7-9H,1-6H3;/q;-1;+1/b12-8-,14-11?;10-7-,13-11?;. The van der Waals surface area contributed by atoms with Crippen LogP contribution in [0.4, 0.5) is 0 Å². The molecule has 0 saturated heterocycles. The van der Waals surface area contributed by atoms with Crippen molar-refractivity contribution in [3.05, 3.63) is 28.9 Å². The predicted molar refractivity (Wildman–Crippen MR) is 131 cm³/mol. The molecule has 0 aromatic carbocycles. The van der Waals surface area contributed by atoms with Crippen molar-refractivity contribution in [3.8, 4) is 0 Å². The maximum Gasteiger partial charge on any atom is 1.00 e. The van der Waals surface area contributed by atoms with Crippen LogP contribution in [-0.4, -0.2) is 55.1 Å². The number of nitrogens with zero attached hydrogens (tertiary/aromatic N) is 4. The topological polar surface area (TPSA) is 42.1 Å². The minimum absolute atomic E-state index is 0. The quantitative estimate of drug-likeness (QED) is 0.251. The molecule has 0 fully saturated rings. The first-order valence-corrected chi connectivity index (χ1v) is 13.5. The van der Waals surface area contributed by atoms with Crippen LogP contribution in [0.3, 0.4) is 0 Å². The molecule has 4 nitrogen and oxygen atoms in total. The first-order chi connectivity index (χ1) is 12.8. The van der Waals surface area contributed by atoms with Crippen molar-refractivity contribution < 1.29 is 17.1 Å².